The number of nitrogens with one attached hydrogen (secondary N) is 1. The monoisotopic (exact) mass is 261 g/mol. The fourth-order valence-electron chi connectivity index (χ4n) is 2.62. The minimum absolute atomic E-state index is 0.333. The van der Waals surface area contributed by atoms with Gasteiger partial charge in [-0.05, 0) is 51.1 Å². The second kappa shape index (κ2) is 7.06. The third kappa shape index (κ3) is 4.05. The molecule has 2 nitrogen and oxygen atoms in total. The lowest BCUT2D eigenvalue weighted by atomic mass is 9.97. The molecule has 2 unspecified atom stereocenters. The number of rotatable bonds is 8. The topological polar surface area (TPSA) is 21.3 Å². The van der Waals surface area contributed by atoms with E-state index in [9.17, 15) is 0 Å². The Bertz CT molecular complexity index is 369. The number of benzene rings is 1. The first-order valence-corrected chi connectivity index (χ1v) is 7.67. The average Bonchev–Trinajstić information content (AvgIpc) is 3.24. The van der Waals surface area contributed by atoms with E-state index in [1.54, 1.807) is 0 Å². The van der Waals surface area contributed by atoms with Crippen LogP contribution in [0.15, 0.2) is 24.3 Å². The van der Waals surface area contributed by atoms with E-state index < -0.39 is 0 Å². The largest absolute Gasteiger partial charge is 0.376 e. The van der Waals surface area contributed by atoms with Gasteiger partial charge in [0, 0.05) is 6.61 Å². The molecule has 1 N–H and O–H groups in total. The van der Waals surface area contributed by atoms with Crippen LogP contribution < -0.4 is 5.32 Å². The van der Waals surface area contributed by atoms with Crippen LogP contribution in [-0.2, 0) is 4.74 Å². The van der Waals surface area contributed by atoms with Gasteiger partial charge in [-0.1, -0.05) is 36.8 Å². The molecule has 0 aromatic heterocycles. The summed E-state index contributed by atoms with van der Waals surface area (Å²) in [5, 5.41) is 3.69. The molecule has 1 aromatic carbocycles. The Hall–Kier alpha value is -0.860. The zero-order chi connectivity index (χ0) is 13.7. The molecule has 0 heterocycles. The van der Waals surface area contributed by atoms with Gasteiger partial charge >= 0.3 is 0 Å². The SMILES string of the molecule is CCCNC(c1ccc(C)cc1)C(OCC)C1CC1. The maximum absolute atomic E-state index is 6.05. The molecule has 0 bridgehead atoms. The molecule has 2 rings (SSSR count). The predicted octanol–water partition coefficient (Wildman–Crippen LogP) is 3.85. The van der Waals surface area contributed by atoms with Gasteiger partial charge in [0.25, 0.3) is 0 Å². The van der Waals surface area contributed by atoms with Gasteiger partial charge in [-0.2, -0.15) is 0 Å². The van der Waals surface area contributed by atoms with Gasteiger partial charge < -0.3 is 10.1 Å². The van der Waals surface area contributed by atoms with Crippen molar-refractivity contribution in [3.8, 4) is 0 Å². The molecule has 1 aromatic rings. The van der Waals surface area contributed by atoms with E-state index in [0.29, 0.717) is 12.1 Å². The highest BCUT2D eigenvalue weighted by Gasteiger charge is 2.37. The van der Waals surface area contributed by atoms with E-state index in [1.807, 2.05) is 0 Å². The lowest BCUT2D eigenvalue weighted by Gasteiger charge is -2.28. The van der Waals surface area contributed by atoms with E-state index in [-0.39, 0.29) is 0 Å². The molecule has 0 saturated heterocycles. The summed E-state index contributed by atoms with van der Waals surface area (Å²) >= 11 is 0. The van der Waals surface area contributed by atoms with Gasteiger partial charge in [-0.25, -0.2) is 0 Å². The van der Waals surface area contributed by atoms with E-state index in [2.05, 4.69) is 50.4 Å². The number of ether oxygens (including phenoxy) is 1. The van der Waals surface area contributed by atoms with Crippen molar-refractivity contribution in [2.24, 2.45) is 5.92 Å². The molecular formula is C17H27NO. The van der Waals surface area contributed by atoms with Crippen LogP contribution in [0.4, 0.5) is 0 Å². The van der Waals surface area contributed by atoms with Crippen molar-refractivity contribution in [3.63, 3.8) is 0 Å². The van der Waals surface area contributed by atoms with E-state index in [1.165, 1.54) is 24.0 Å². The van der Waals surface area contributed by atoms with Crippen molar-refractivity contribution in [2.45, 2.75) is 52.2 Å². The normalized spacial score (nSPS) is 18.3. The van der Waals surface area contributed by atoms with Crippen LogP contribution in [0, 0.1) is 12.8 Å². The minimum atomic E-state index is 0.333. The molecule has 0 radical (unpaired) electrons. The lowest BCUT2D eigenvalue weighted by Crippen LogP contribution is -2.36. The molecule has 1 aliphatic rings. The van der Waals surface area contributed by atoms with Crippen LogP contribution in [0.25, 0.3) is 0 Å². The molecule has 2 atom stereocenters. The summed E-state index contributed by atoms with van der Waals surface area (Å²) in [6.45, 7) is 8.30. The Morgan fingerprint density at radius 3 is 2.42 bits per heavy atom. The van der Waals surface area contributed by atoms with Crippen molar-refractivity contribution in [1.29, 1.82) is 0 Å². The van der Waals surface area contributed by atoms with Crippen molar-refractivity contribution in [1.82, 2.24) is 5.32 Å². The molecule has 2 heteroatoms. The number of hydrogen-bond donors (Lipinski definition) is 1. The fraction of sp³-hybridized carbons (Fsp3) is 0.647. The summed E-state index contributed by atoms with van der Waals surface area (Å²) in [4.78, 5) is 0. The maximum atomic E-state index is 6.05. The van der Waals surface area contributed by atoms with Crippen molar-refractivity contribution in [3.05, 3.63) is 35.4 Å². The number of aryl methyl sites for hydroxylation is 1. The standard InChI is InChI=1S/C17H27NO/c1-4-12-18-16(14-8-6-13(3)7-9-14)17(19-5-2)15-10-11-15/h6-9,15-18H,4-5,10-12H2,1-3H3. The Morgan fingerprint density at radius 2 is 1.89 bits per heavy atom. The summed E-state index contributed by atoms with van der Waals surface area (Å²) in [7, 11) is 0. The molecule has 19 heavy (non-hydrogen) atoms. The molecule has 1 aliphatic carbocycles. The Labute approximate surface area is 117 Å². The van der Waals surface area contributed by atoms with Crippen molar-refractivity contribution >= 4 is 0 Å². The molecule has 0 aliphatic heterocycles. The first-order chi connectivity index (χ1) is 9.26. The fourth-order valence-corrected chi connectivity index (χ4v) is 2.62. The van der Waals surface area contributed by atoms with Crippen LogP contribution in [0.5, 0.6) is 0 Å². The lowest BCUT2D eigenvalue weighted by molar-refractivity contribution is 0.0186. The highest BCUT2D eigenvalue weighted by molar-refractivity contribution is 5.25. The van der Waals surface area contributed by atoms with Gasteiger partial charge in [0.1, 0.15) is 0 Å². The summed E-state index contributed by atoms with van der Waals surface area (Å²) in [6.07, 6.45) is 4.13. The van der Waals surface area contributed by atoms with E-state index in [4.69, 9.17) is 4.74 Å². The zero-order valence-corrected chi connectivity index (χ0v) is 12.5. The molecule has 1 fully saturated rings. The van der Waals surface area contributed by atoms with Gasteiger partial charge in [0.2, 0.25) is 0 Å². The zero-order valence-electron chi connectivity index (χ0n) is 12.5. The first-order valence-electron chi connectivity index (χ1n) is 7.67. The third-order valence-corrected chi connectivity index (χ3v) is 3.82. The molecule has 106 valence electrons. The van der Waals surface area contributed by atoms with Gasteiger partial charge in [-0.3, -0.25) is 0 Å². The average molecular weight is 261 g/mol. The van der Waals surface area contributed by atoms with Crippen molar-refractivity contribution in [2.75, 3.05) is 13.2 Å². The molecule has 0 spiro atoms. The Morgan fingerprint density at radius 1 is 1.21 bits per heavy atom. The summed E-state index contributed by atoms with van der Waals surface area (Å²) in [6, 6.07) is 9.24. The van der Waals surface area contributed by atoms with Crippen LogP contribution in [0.1, 0.15) is 50.3 Å². The second-order valence-electron chi connectivity index (χ2n) is 5.60. The quantitative estimate of drug-likeness (QED) is 0.767. The van der Waals surface area contributed by atoms with E-state index >= 15 is 0 Å². The summed E-state index contributed by atoms with van der Waals surface area (Å²) < 4.78 is 6.05. The van der Waals surface area contributed by atoms with Crippen LogP contribution in [0.2, 0.25) is 0 Å². The summed E-state index contributed by atoms with van der Waals surface area (Å²) in [5.74, 6) is 0.746. The first kappa shape index (κ1) is 14.5. The highest BCUT2D eigenvalue weighted by Crippen LogP contribution is 2.40. The smallest absolute Gasteiger partial charge is 0.0797 e. The molecular weight excluding hydrogens is 234 g/mol. The summed E-state index contributed by atoms with van der Waals surface area (Å²) in [5.41, 5.74) is 2.68. The Balaban J connectivity index is 2.15. The van der Waals surface area contributed by atoms with Gasteiger partial charge in [0.05, 0.1) is 12.1 Å². The molecule has 1 saturated carbocycles. The van der Waals surface area contributed by atoms with Crippen LogP contribution in [-0.4, -0.2) is 19.3 Å². The second-order valence-corrected chi connectivity index (χ2v) is 5.60. The van der Waals surface area contributed by atoms with Gasteiger partial charge in [-0.15, -0.1) is 0 Å². The highest BCUT2D eigenvalue weighted by atomic mass is 16.5. The van der Waals surface area contributed by atoms with Crippen LogP contribution >= 0.6 is 0 Å². The van der Waals surface area contributed by atoms with Crippen molar-refractivity contribution < 1.29 is 4.74 Å². The van der Waals surface area contributed by atoms with Gasteiger partial charge in [0.15, 0.2) is 0 Å². The maximum Gasteiger partial charge on any atom is 0.0797 e. The molecule has 0 amide bonds. The minimum Gasteiger partial charge on any atom is -0.376 e. The number of hydrogen-bond acceptors (Lipinski definition) is 2. The van der Waals surface area contributed by atoms with Crippen LogP contribution in [0.3, 0.4) is 0 Å². The Kier molecular flexibility index (Phi) is 5.41. The van der Waals surface area contributed by atoms with E-state index in [0.717, 1.165) is 25.5 Å². The third-order valence-electron chi connectivity index (χ3n) is 3.82. The predicted molar refractivity (Wildman–Crippen MR) is 80.4 cm³/mol.